The SMILES string of the molecule is COc1c(CCC(C)C)c(O)cc2c1C[C@H](c1ccc(O)c(CCC(C)C)c1O)CO2. The highest BCUT2D eigenvalue weighted by molar-refractivity contribution is 5.59. The van der Waals surface area contributed by atoms with Gasteiger partial charge in [-0.25, -0.2) is 0 Å². The van der Waals surface area contributed by atoms with E-state index in [2.05, 4.69) is 27.7 Å². The molecule has 1 atom stereocenters. The van der Waals surface area contributed by atoms with Crippen molar-refractivity contribution >= 4 is 0 Å². The molecule has 0 radical (unpaired) electrons. The summed E-state index contributed by atoms with van der Waals surface area (Å²) >= 11 is 0. The molecule has 3 rings (SSSR count). The molecule has 0 amide bonds. The van der Waals surface area contributed by atoms with E-state index in [1.165, 1.54) is 0 Å². The minimum Gasteiger partial charge on any atom is -0.508 e. The van der Waals surface area contributed by atoms with Crippen LogP contribution in [-0.2, 0) is 19.3 Å². The van der Waals surface area contributed by atoms with Gasteiger partial charge in [0.2, 0.25) is 0 Å². The number of benzene rings is 2. The van der Waals surface area contributed by atoms with Crippen LogP contribution in [0.1, 0.15) is 68.7 Å². The molecule has 0 aromatic heterocycles. The summed E-state index contributed by atoms with van der Waals surface area (Å²) in [5.74, 6) is 2.75. The van der Waals surface area contributed by atoms with E-state index in [9.17, 15) is 15.3 Å². The van der Waals surface area contributed by atoms with E-state index in [-0.39, 0.29) is 23.2 Å². The monoisotopic (exact) mass is 428 g/mol. The van der Waals surface area contributed by atoms with Gasteiger partial charge in [0.15, 0.2) is 0 Å². The summed E-state index contributed by atoms with van der Waals surface area (Å²) in [5, 5.41) is 31.8. The van der Waals surface area contributed by atoms with E-state index < -0.39 is 0 Å². The van der Waals surface area contributed by atoms with Crippen molar-refractivity contribution in [2.45, 2.75) is 65.7 Å². The van der Waals surface area contributed by atoms with E-state index in [1.807, 2.05) is 0 Å². The molecule has 0 bridgehead atoms. The van der Waals surface area contributed by atoms with Crippen LogP contribution < -0.4 is 9.47 Å². The Kier molecular flexibility index (Phi) is 7.24. The number of phenols is 3. The molecule has 1 heterocycles. The van der Waals surface area contributed by atoms with Gasteiger partial charge in [0.05, 0.1) is 13.7 Å². The van der Waals surface area contributed by atoms with Crippen molar-refractivity contribution in [1.29, 1.82) is 0 Å². The van der Waals surface area contributed by atoms with Crippen LogP contribution in [-0.4, -0.2) is 29.0 Å². The second kappa shape index (κ2) is 9.71. The molecule has 0 saturated heterocycles. The first-order valence-electron chi connectivity index (χ1n) is 11.3. The number of hydrogen-bond acceptors (Lipinski definition) is 5. The van der Waals surface area contributed by atoms with Gasteiger partial charge in [-0.1, -0.05) is 33.8 Å². The quantitative estimate of drug-likeness (QED) is 0.502. The maximum absolute atomic E-state index is 11.0. The zero-order valence-corrected chi connectivity index (χ0v) is 19.4. The third-order valence-electron chi connectivity index (χ3n) is 6.19. The smallest absolute Gasteiger partial charge is 0.132 e. The van der Waals surface area contributed by atoms with Crippen molar-refractivity contribution in [3.05, 3.63) is 40.5 Å². The van der Waals surface area contributed by atoms with Crippen LogP contribution >= 0.6 is 0 Å². The van der Waals surface area contributed by atoms with E-state index in [0.29, 0.717) is 48.3 Å². The fraction of sp³-hybridized carbons (Fsp3) is 0.538. The predicted molar refractivity (Wildman–Crippen MR) is 123 cm³/mol. The maximum atomic E-state index is 11.0. The molecule has 5 heteroatoms. The Morgan fingerprint density at radius 1 is 0.968 bits per heavy atom. The van der Waals surface area contributed by atoms with Crippen molar-refractivity contribution in [3.63, 3.8) is 0 Å². The molecule has 0 unspecified atom stereocenters. The Morgan fingerprint density at radius 3 is 2.23 bits per heavy atom. The van der Waals surface area contributed by atoms with Gasteiger partial charge >= 0.3 is 0 Å². The standard InChI is InChI=1S/C26H36O5/c1-15(2)6-8-19-22(27)11-10-18(25(19)29)17-12-21-24(31-14-17)13-23(28)20(26(21)30-5)9-7-16(3)4/h10-11,13,15-17,27-29H,6-9,12,14H2,1-5H3/t17-/m0/s1. The highest BCUT2D eigenvalue weighted by atomic mass is 16.5. The Labute approximate surface area is 185 Å². The number of ether oxygens (including phenoxy) is 2. The van der Waals surface area contributed by atoms with Gasteiger partial charge in [-0.2, -0.15) is 0 Å². The molecule has 0 aliphatic carbocycles. The van der Waals surface area contributed by atoms with Gasteiger partial charge in [0, 0.05) is 34.2 Å². The summed E-state index contributed by atoms with van der Waals surface area (Å²) in [6.45, 7) is 8.96. The van der Waals surface area contributed by atoms with Gasteiger partial charge in [-0.3, -0.25) is 0 Å². The van der Waals surface area contributed by atoms with E-state index in [0.717, 1.165) is 36.0 Å². The molecular weight excluding hydrogens is 392 g/mol. The van der Waals surface area contributed by atoms with Crippen LogP contribution in [0.5, 0.6) is 28.7 Å². The topological polar surface area (TPSA) is 79.2 Å². The van der Waals surface area contributed by atoms with Gasteiger partial charge < -0.3 is 24.8 Å². The van der Waals surface area contributed by atoms with Crippen LogP contribution in [0.25, 0.3) is 0 Å². The first-order chi connectivity index (χ1) is 14.7. The van der Waals surface area contributed by atoms with Crippen molar-refractivity contribution in [3.8, 4) is 28.7 Å². The van der Waals surface area contributed by atoms with Crippen molar-refractivity contribution < 1.29 is 24.8 Å². The third-order valence-corrected chi connectivity index (χ3v) is 6.19. The van der Waals surface area contributed by atoms with Crippen LogP contribution in [0, 0.1) is 11.8 Å². The minimum atomic E-state index is -0.0673. The van der Waals surface area contributed by atoms with Crippen molar-refractivity contribution in [1.82, 2.24) is 0 Å². The average Bonchev–Trinajstić information content (AvgIpc) is 2.71. The van der Waals surface area contributed by atoms with Gasteiger partial charge in [-0.15, -0.1) is 0 Å². The second-order valence-electron chi connectivity index (χ2n) is 9.46. The maximum Gasteiger partial charge on any atom is 0.132 e. The fourth-order valence-electron chi connectivity index (χ4n) is 4.30. The number of fused-ring (bicyclic) bond motifs is 1. The normalized spacial score (nSPS) is 15.8. The molecule has 2 aromatic carbocycles. The molecule has 3 N–H and O–H groups in total. The van der Waals surface area contributed by atoms with Crippen LogP contribution in [0.2, 0.25) is 0 Å². The number of phenolic OH excluding ortho intramolecular Hbond substituents is 3. The zero-order chi connectivity index (χ0) is 22.7. The molecule has 1 aliphatic rings. The van der Waals surface area contributed by atoms with E-state index in [1.54, 1.807) is 25.3 Å². The number of hydrogen-bond donors (Lipinski definition) is 3. The van der Waals surface area contributed by atoms with Gasteiger partial charge in [0.25, 0.3) is 0 Å². The van der Waals surface area contributed by atoms with E-state index >= 15 is 0 Å². The Bertz CT molecular complexity index is 917. The van der Waals surface area contributed by atoms with Crippen LogP contribution in [0.4, 0.5) is 0 Å². The molecule has 0 fully saturated rings. The summed E-state index contributed by atoms with van der Waals surface area (Å²) in [5.41, 5.74) is 3.12. The average molecular weight is 429 g/mol. The van der Waals surface area contributed by atoms with Crippen LogP contribution in [0.15, 0.2) is 18.2 Å². The Balaban J connectivity index is 1.95. The number of methoxy groups -OCH3 is 1. The molecule has 2 aromatic rings. The highest BCUT2D eigenvalue weighted by Gasteiger charge is 2.30. The predicted octanol–water partition coefficient (Wildman–Crippen LogP) is 5.71. The first kappa shape index (κ1) is 23.1. The molecule has 0 spiro atoms. The lowest BCUT2D eigenvalue weighted by molar-refractivity contribution is 0.252. The highest BCUT2D eigenvalue weighted by Crippen LogP contribution is 2.46. The summed E-state index contributed by atoms with van der Waals surface area (Å²) < 4.78 is 11.7. The molecule has 5 nitrogen and oxygen atoms in total. The number of rotatable bonds is 8. The number of aromatic hydroxyl groups is 3. The molecular formula is C26H36O5. The minimum absolute atomic E-state index is 0.0673. The molecule has 31 heavy (non-hydrogen) atoms. The fourth-order valence-corrected chi connectivity index (χ4v) is 4.30. The Hall–Kier alpha value is -2.56. The largest absolute Gasteiger partial charge is 0.508 e. The van der Waals surface area contributed by atoms with Crippen molar-refractivity contribution in [2.24, 2.45) is 11.8 Å². The molecule has 1 aliphatic heterocycles. The summed E-state index contributed by atoms with van der Waals surface area (Å²) in [7, 11) is 1.62. The van der Waals surface area contributed by atoms with Crippen molar-refractivity contribution in [2.75, 3.05) is 13.7 Å². The van der Waals surface area contributed by atoms with Gasteiger partial charge in [0.1, 0.15) is 28.7 Å². The lowest BCUT2D eigenvalue weighted by Gasteiger charge is -2.29. The molecule has 170 valence electrons. The van der Waals surface area contributed by atoms with Crippen LogP contribution in [0.3, 0.4) is 0 Å². The lowest BCUT2D eigenvalue weighted by atomic mass is 9.86. The van der Waals surface area contributed by atoms with Gasteiger partial charge in [-0.05, 0) is 50.0 Å². The second-order valence-corrected chi connectivity index (χ2v) is 9.46. The zero-order valence-electron chi connectivity index (χ0n) is 19.4. The molecule has 0 saturated carbocycles. The lowest BCUT2D eigenvalue weighted by Crippen LogP contribution is -2.21. The summed E-state index contributed by atoms with van der Waals surface area (Å²) in [6.07, 6.45) is 3.83. The Morgan fingerprint density at radius 2 is 1.61 bits per heavy atom. The summed E-state index contributed by atoms with van der Waals surface area (Å²) in [6, 6.07) is 5.14. The first-order valence-corrected chi connectivity index (χ1v) is 11.3. The third kappa shape index (κ3) is 5.03. The van der Waals surface area contributed by atoms with E-state index in [4.69, 9.17) is 9.47 Å². The summed E-state index contributed by atoms with van der Waals surface area (Å²) in [4.78, 5) is 0.